The molecule has 2 aliphatic rings. The fourth-order valence-corrected chi connectivity index (χ4v) is 3.49. The van der Waals surface area contributed by atoms with Crippen LogP contribution in [0.15, 0.2) is 42.7 Å². The molecule has 0 N–H and O–H groups in total. The number of aromatic nitrogens is 2. The van der Waals surface area contributed by atoms with Crippen LogP contribution in [0.3, 0.4) is 0 Å². The first-order valence-corrected chi connectivity index (χ1v) is 8.42. The minimum absolute atomic E-state index is 0.00617. The molecule has 1 fully saturated rings. The van der Waals surface area contributed by atoms with Gasteiger partial charge in [0.15, 0.2) is 11.5 Å². The van der Waals surface area contributed by atoms with Crippen LogP contribution >= 0.6 is 0 Å². The van der Waals surface area contributed by atoms with Gasteiger partial charge in [0.25, 0.3) is 5.91 Å². The van der Waals surface area contributed by atoms with Crippen LogP contribution in [-0.4, -0.2) is 45.4 Å². The summed E-state index contributed by atoms with van der Waals surface area (Å²) in [5.74, 6) is 1.34. The van der Waals surface area contributed by atoms with Crippen LogP contribution in [0.4, 0.5) is 0 Å². The number of ether oxygens (including phenoxy) is 2. The number of amides is 1. The molecule has 1 aromatic heterocycles. The second-order valence-corrected chi connectivity index (χ2v) is 6.36. The Bertz CT molecular complexity index is 716. The summed E-state index contributed by atoms with van der Waals surface area (Å²) in [5.41, 5.74) is 0. The van der Waals surface area contributed by atoms with Crippen molar-refractivity contribution >= 4 is 5.91 Å². The smallest absolute Gasteiger partial charge is 0.267 e. The van der Waals surface area contributed by atoms with Crippen molar-refractivity contribution in [3.8, 4) is 11.5 Å². The minimum atomic E-state index is -0.599. The van der Waals surface area contributed by atoms with Crippen LogP contribution in [0.2, 0.25) is 0 Å². The lowest BCUT2D eigenvalue weighted by Gasteiger charge is -2.35. The SMILES string of the molecule is C[C@@H]1Oc2ccccc2O[C@H]1C(=O)N1CCC[C@H]1Cn1cccn1. The third-order valence-corrected chi connectivity index (χ3v) is 4.70. The molecule has 3 heterocycles. The van der Waals surface area contributed by atoms with Gasteiger partial charge in [-0.2, -0.15) is 5.10 Å². The molecule has 2 aliphatic heterocycles. The maximum Gasteiger partial charge on any atom is 0.267 e. The van der Waals surface area contributed by atoms with E-state index in [9.17, 15) is 4.79 Å². The fourth-order valence-electron chi connectivity index (χ4n) is 3.49. The van der Waals surface area contributed by atoms with Gasteiger partial charge >= 0.3 is 0 Å². The van der Waals surface area contributed by atoms with E-state index in [0.717, 1.165) is 25.9 Å². The van der Waals surface area contributed by atoms with Gasteiger partial charge < -0.3 is 14.4 Å². The molecule has 0 saturated carbocycles. The number of hydrogen-bond donors (Lipinski definition) is 0. The summed E-state index contributed by atoms with van der Waals surface area (Å²) in [6.07, 6.45) is 4.79. The van der Waals surface area contributed by atoms with E-state index in [1.807, 2.05) is 53.0 Å². The Kier molecular flexibility index (Phi) is 3.88. The van der Waals surface area contributed by atoms with Crippen molar-refractivity contribution in [2.75, 3.05) is 6.54 Å². The molecule has 0 bridgehead atoms. The summed E-state index contributed by atoms with van der Waals surface area (Å²) in [6.45, 7) is 3.37. The Morgan fingerprint density at radius 3 is 2.79 bits per heavy atom. The number of para-hydroxylation sites is 2. The van der Waals surface area contributed by atoms with Crippen molar-refractivity contribution in [3.63, 3.8) is 0 Å². The van der Waals surface area contributed by atoms with Gasteiger partial charge in [0.05, 0.1) is 12.6 Å². The third-order valence-electron chi connectivity index (χ3n) is 4.70. The number of likely N-dealkylation sites (tertiary alicyclic amines) is 1. The third kappa shape index (κ3) is 2.72. The standard InChI is InChI=1S/C18H21N3O3/c1-13-17(24-16-8-3-2-7-15(16)23-13)18(22)21-11-4-6-14(21)12-20-10-5-9-19-20/h2-3,5,7-10,13-14,17H,4,6,11-12H2,1H3/t13-,14-,17+/m0/s1. The van der Waals surface area contributed by atoms with Crippen molar-refractivity contribution in [3.05, 3.63) is 42.7 Å². The number of benzene rings is 1. The summed E-state index contributed by atoms with van der Waals surface area (Å²) in [5, 5.41) is 4.25. The number of carbonyl (C=O) groups excluding carboxylic acids is 1. The van der Waals surface area contributed by atoms with Gasteiger partial charge in [0.1, 0.15) is 6.10 Å². The average Bonchev–Trinajstić information content (AvgIpc) is 3.26. The van der Waals surface area contributed by atoms with Gasteiger partial charge in [-0.3, -0.25) is 9.48 Å². The molecule has 0 unspecified atom stereocenters. The summed E-state index contributed by atoms with van der Waals surface area (Å²) < 4.78 is 13.7. The van der Waals surface area contributed by atoms with Crippen molar-refractivity contribution in [2.24, 2.45) is 0 Å². The molecule has 0 spiro atoms. The van der Waals surface area contributed by atoms with E-state index >= 15 is 0 Å². The van der Waals surface area contributed by atoms with Crippen molar-refractivity contribution in [2.45, 2.75) is 44.6 Å². The Labute approximate surface area is 141 Å². The summed E-state index contributed by atoms with van der Waals surface area (Å²) in [6, 6.07) is 9.55. The van der Waals surface area contributed by atoms with E-state index in [-0.39, 0.29) is 18.1 Å². The predicted octanol–water partition coefficient (Wildman–Crippen LogP) is 2.10. The summed E-state index contributed by atoms with van der Waals surface area (Å²) in [4.78, 5) is 15.0. The predicted molar refractivity (Wildman–Crippen MR) is 87.9 cm³/mol. The maximum atomic E-state index is 13.1. The number of carbonyl (C=O) groups is 1. The zero-order valence-electron chi connectivity index (χ0n) is 13.7. The molecule has 6 heteroatoms. The molecule has 1 aromatic carbocycles. The molecule has 1 amide bonds. The quantitative estimate of drug-likeness (QED) is 0.866. The molecule has 0 radical (unpaired) electrons. The molecule has 3 atom stereocenters. The monoisotopic (exact) mass is 327 g/mol. The molecule has 2 aromatic rings. The van der Waals surface area contributed by atoms with Gasteiger partial charge in [0.2, 0.25) is 6.10 Å². The van der Waals surface area contributed by atoms with E-state index in [1.54, 1.807) is 6.20 Å². The van der Waals surface area contributed by atoms with Gasteiger partial charge in [-0.05, 0) is 38.0 Å². The van der Waals surface area contributed by atoms with Crippen LogP contribution in [0.25, 0.3) is 0 Å². The molecular formula is C18H21N3O3. The minimum Gasteiger partial charge on any atom is -0.482 e. The molecule has 4 rings (SSSR count). The van der Waals surface area contributed by atoms with Gasteiger partial charge in [-0.15, -0.1) is 0 Å². The summed E-state index contributed by atoms with van der Waals surface area (Å²) >= 11 is 0. The first-order chi connectivity index (χ1) is 11.7. The number of nitrogens with zero attached hydrogens (tertiary/aromatic N) is 3. The highest BCUT2D eigenvalue weighted by Crippen LogP contribution is 2.34. The first kappa shape index (κ1) is 15.1. The van der Waals surface area contributed by atoms with Crippen LogP contribution in [0.5, 0.6) is 11.5 Å². The van der Waals surface area contributed by atoms with E-state index in [2.05, 4.69) is 5.10 Å². The Morgan fingerprint density at radius 1 is 1.25 bits per heavy atom. The summed E-state index contributed by atoms with van der Waals surface area (Å²) in [7, 11) is 0. The molecule has 24 heavy (non-hydrogen) atoms. The van der Waals surface area contributed by atoms with Crippen molar-refractivity contribution < 1.29 is 14.3 Å². The molecule has 0 aliphatic carbocycles. The molecule has 6 nitrogen and oxygen atoms in total. The highest BCUT2D eigenvalue weighted by molar-refractivity contribution is 5.83. The van der Waals surface area contributed by atoms with E-state index < -0.39 is 6.10 Å². The normalized spacial score (nSPS) is 25.7. The Balaban J connectivity index is 1.50. The Morgan fingerprint density at radius 2 is 2.04 bits per heavy atom. The van der Waals surface area contributed by atoms with Crippen LogP contribution < -0.4 is 9.47 Å². The highest BCUT2D eigenvalue weighted by Gasteiger charge is 2.40. The van der Waals surface area contributed by atoms with Gasteiger partial charge in [-0.25, -0.2) is 0 Å². The second-order valence-electron chi connectivity index (χ2n) is 6.36. The number of fused-ring (bicyclic) bond motifs is 1. The lowest BCUT2D eigenvalue weighted by molar-refractivity contribution is -0.145. The zero-order chi connectivity index (χ0) is 16.5. The van der Waals surface area contributed by atoms with Crippen LogP contribution in [0, 0.1) is 0 Å². The first-order valence-electron chi connectivity index (χ1n) is 8.42. The van der Waals surface area contributed by atoms with Crippen molar-refractivity contribution in [1.82, 2.24) is 14.7 Å². The highest BCUT2D eigenvalue weighted by atomic mass is 16.6. The maximum absolute atomic E-state index is 13.1. The van der Waals surface area contributed by atoms with E-state index in [1.165, 1.54) is 0 Å². The number of rotatable bonds is 3. The van der Waals surface area contributed by atoms with E-state index in [0.29, 0.717) is 11.5 Å². The topological polar surface area (TPSA) is 56.6 Å². The average molecular weight is 327 g/mol. The van der Waals surface area contributed by atoms with Crippen LogP contribution in [0.1, 0.15) is 19.8 Å². The van der Waals surface area contributed by atoms with Crippen molar-refractivity contribution in [1.29, 1.82) is 0 Å². The largest absolute Gasteiger partial charge is 0.482 e. The van der Waals surface area contributed by atoms with Gasteiger partial charge in [-0.1, -0.05) is 12.1 Å². The molecular weight excluding hydrogens is 306 g/mol. The lowest BCUT2D eigenvalue weighted by atomic mass is 10.1. The molecule has 1 saturated heterocycles. The van der Waals surface area contributed by atoms with Crippen LogP contribution in [-0.2, 0) is 11.3 Å². The second kappa shape index (κ2) is 6.19. The van der Waals surface area contributed by atoms with Gasteiger partial charge in [0, 0.05) is 18.9 Å². The fraction of sp³-hybridized carbons (Fsp3) is 0.444. The van der Waals surface area contributed by atoms with E-state index in [4.69, 9.17) is 9.47 Å². The lowest BCUT2D eigenvalue weighted by Crippen LogP contribution is -2.52. The molecule has 126 valence electrons. The Hall–Kier alpha value is -2.50. The number of hydrogen-bond acceptors (Lipinski definition) is 4. The zero-order valence-corrected chi connectivity index (χ0v) is 13.7.